The van der Waals surface area contributed by atoms with Crippen molar-refractivity contribution in [1.29, 1.82) is 0 Å². The summed E-state index contributed by atoms with van der Waals surface area (Å²) in [7, 11) is 0. The molecule has 0 aromatic heterocycles. The second kappa shape index (κ2) is 4.48. The Labute approximate surface area is 110 Å². The van der Waals surface area contributed by atoms with Gasteiger partial charge in [-0.2, -0.15) is 0 Å². The van der Waals surface area contributed by atoms with Gasteiger partial charge in [-0.1, -0.05) is 36.0 Å². The predicted octanol–water partition coefficient (Wildman–Crippen LogP) is 2.77. The zero-order chi connectivity index (χ0) is 12.5. The van der Waals surface area contributed by atoms with Gasteiger partial charge in [-0.15, -0.1) is 0 Å². The summed E-state index contributed by atoms with van der Waals surface area (Å²) >= 11 is 1.68. The van der Waals surface area contributed by atoms with Crippen molar-refractivity contribution in [3.05, 3.63) is 48.5 Å². The summed E-state index contributed by atoms with van der Waals surface area (Å²) < 4.78 is 0. The van der Waals surface area contributed by atoms with Crippen LogP contribution in [0.5, 0.6) is 0 Å². The summed E-state index contributed by atoms with van der Waals surface area (Å²) in [4.78, 5) is 16.0. The van der Waals surface area contributed by atoms with E-state index >= 15 is 0 Å². The van der Waals surface area contributed by atoms with E-state index in [0.29, 0.717) is 0 Å². The van der Waals surface area contributed by atoms with Crippen LogP contribution in [0, 0.1) is 0 Å². The minimum Gasteiger partial charge on any atom is -0.322 e. The highest BCUT2D eigenvalue weighted by Crippen LogP contribution is 2.47. The van der Waals surface area contributed by atoms with Crippen LogP contribution in [-0.2, 0) is 4.79 Å². The van der Waals surface area contributed by atoms with Crippen molar-refractivity contribution in [3.63, 3.8) is 0 Å². The lowest BCUT2D eigenvalue weighted by Gasteiger charge is -2.30. The number of hydrogen-bond donors (Lipinski definition) is 1. The van der Waals surface area contributed by atoms with Crippen LogP contribution in [0.3, 0.4) is 0 Å². The zero-order valence-electron chi connectivity index (χ0n) is 9.67. The number of nitrogens with two attached hydrogens (primary N) is 1. The number of carbonyl (C=O) groups excluding carboxylic acids is 1. The van der Waals surface area contributed by atoms with Crippen molar-refractivity contribution in [2.24, 2.45) is 5.73 Å². The molecular weight excluding hydrogens is 244 g/mol. The monoisotopic (exact) mass is 256 g/mol. The van der Waals surface area contributed by atoms with Gasteiger partial charge in [-0.25, -0.2) is 0 Å². The molecule has 0 spiro atoms. The summed E-state index contributed by atoms with van der Waals surface area (Å²) in [5.74, 6) is -0.0878. The van der Waals surface area contributed by atoms with Crippen molar-refractivity contribution in [3.8, 4) is 0 Å². The van der Waals surface area contributed by atoms with Gasteiger partial charge in [0.15, 0.2) is 0 Å². The molecule has 90 valence electrons. The Morgan fingerprint density at radius 3 is 2.00 bits per heavy atom. The van der Waals surface area contributed by atoms with Gasteiger partial charge in [-0.3, -0.25) is 9.69 Å². The molecular formula is C14H12N2OS. The molecule has 0 fully saturated rings. The lowest BCUT2D eigenvalue weighted by Crippen LogP contribution is -2.33. The summed E-state index contributed by atoms with van der Waals surface area (Å²) in [6, 6.07) is 15.8. The van der Waals surface area contributed by atoms with Crippen LogP contribution >= 0.6 is 11.8 Å². The van der Waals surface area contributed by atoms with Crippen molar-refractivity contribution in [1.82, 2.24) is 0 Å². The van der Waals surface area contributed by atoms with E-state index in [0.717, 1.165) is 21.2 Å². The van der Waals surface area contributed by atoms with Crippen LogP contribution in [0.4, 0.5) is 11.4 Å². The van der Waals surface area contributed by atoms with E-state index in [1.165, 1.54) is 0 Å². The molecule has 2 aromatic carbocycles. The number of amides is 1. The zero-order valence-corrected chi connectivity index (χ0v) is 10.5. The van der Waals surface area contributed by atoms with Crippen LogP contribution in [-0.4, -0.2) is 12.5 Å². The smallest absolute Gasteiger partial charge is 0.245 e. The standard InChI is InChI=1S/C14H12N2OS/c15-9-14(17)16-10-5-1-3-7-12(10)18-13-8-4-2-6-11(13)16/h1-8H,9,15H2. The summed E-state index contributed by atoms with van der Waals surface area (Å²) in [5, 5.41) is 0. The first kappa shape index (κ1) is 11.3. The second-order valence-electron chi connectivity index (χ2n) is 3.97. The fraction of sp³-hybridized carbons (Fsp3) is 0.0714. The predicted molar refractivity (Wildman–Crippen MR) is 73.2 cm³/mol. The lowest BCUT2D eigenvalue weighted by atomic mass is 10.2. The highest BCUT2D eigenvalue weighted by Gasteiger charge is 2.26. The maximum Gasteiger partial charge on any atom is 0.245 e. The quantitative estimate of drug-likeness (QED) is 0.853. The fourth-order valence-corrected chi connectivity index (χ4v) is 3.12. The first-order valence-corrected chi connectivity index (χ1v) is 6.52. The lowest BCUT2D eigenvalue weighted by molar-refractivity contribution is -0.116. The Kier molecular flexibility index (Phi) is 2.81. The second-order valence-corrected chi connectivity index (χ2v) is 5.05. The van der Waals surface area contributed by atoms with Crippen molar-refractivity contribution in [2.75, 3.05) is 11.4 Å². The van der Waals surface area contributed by atoms with E-state index < -0.39 is 0 Å². The van der Waals surface area contributed by atoms with Gasteiger partial charge in [0.25, 0.3) is 0 Å². The van der Waals surface area contributed by atoms with Crippen molar-refractivity contribution in [2.45, 2.75) is 9.79 Å². The van der Waals surface area contributed by atoms with Gasteiger partial charge in [0.1, 0.15) is 0 Å². The van der Waals surface area contributed by atoms with Gasteiger partial charge in [0, 0.05) is 9.79 Å². The highest BCUT2D eigenvalue weighted by molar-refractivity contribution is 7.99. The summed E-state index contributed by atoms with van der Waals surface area (Å²) in [5.41, 5.74) is 7.35. The minimum absolute atomic E-state index is 0.00728. The van der Waals surface area contributed by atoms with Crippen molar-refractivity contribution >= 4 is 29.0 Å². The van der Waals surface area contributed by atoms with Crippen LogP contribution in [0.15, 0.2) is 58.3 Å². The van der Waals surface area contributed by atoms with Gasteiger partial charge in [0.05, 0.1) is 17.9 Å². The average molecular weight is 256 g/mol. The molecule has 0 bridgehead atoms. The maximum absolute atomic E-state index is 12.1. The molecule has 0 radical (unpaired) electrons. The normalized spacial score (nSPS) is 12.8. The molecule has 0 unspecified atom stereocenters. The number of para-hydroxylation sites is 2. The van der Waals surface area contributed by atoms with Gasteiger partial charge in [-0.05, 0) is 24.3 Å². The summed E-state index contributed by atoms with van der Waals surface area (Å²) in [6.07, 6.45) is 0. The van der Waals surface area contributed by atoms with E-state index in [1.807, 2.05) is 48.5 Å². The molecule has 3 rings (SSSR count). The molecule has 4 heteroatoms. The minimum atomic E-state index is -0.0878. The molecule has 0 saturated carbocycles. The number of anilines is 2. The Balaban J connectivity index is 2.20. The van der Waals surface area contributed by atoms with Crippen molar-refractivity contribution < 1.29 is 4.79 Å². The van der Waals surface area contributed by atoms with E-state index in [1.54, 1.807) is 16.7 Å². The third-order valence-electron chi connectivity index (χ3n) is 2.86. The number of hydrogen-bond acceptors (Lipinski definition) is 3. The SMILES string of the molecule is NCC(=O)N1c2ccccc2Sc2ccccc21. The maximum atomic E-state index is 12.1. The fourth-order valence-electron chi connectivity index (χ4n) is 2.06. The van der Waals surface area contributed by atoms with E-state index in [-0.39, 0.29) is 12.5 Å². The molecule has 0 aliphatic carbocycles. The molecule has 0 atom stereocenters. The third kappa shape index (κ3) is 1.70. The van der Waals surface area contributed by atoms with Gasteiger partial charge in [0.2, 0.25) is 5.91 Å². The van der Waals surface area contributed by atoms with Crippen LogP contribution in [0.2, 0.25) is 0 Å². The average Bonchev–Trinajstić information content (AvgIpc) is 2.44. The third-order valence-corrected chi connectivity index (χ3v) is 3.99. The molecule has 1 amide bonds. The van der Waals surface area contributed by atoms with E-state index in [9.17, 15) is 4.79 Å². The number of nitrogens with zero attached hydrogens (tertiary/aromatic N) is 1. The molecule has 2 N–H and O–H groups in total. The first-order valence-electron chi connectivity index (χ1n) is 5.70. The van der Waals surface area contributed by atoms with Crippen LogP contribution in [0.1, 0.15) is 0 Å². The Hall–Kier alpha value is -1.78. The molecule has 18 heavy (non-hydrogen) atoms. The Bertz CT molecular complexity index is 567. The Morgan fingerprint density at radius 2 is 1.50 bits per heavy atom. The highest BCUT2D eigenvalue weighted by atomic mass is 32.2. The number of rotatable bonds is 1. The molecule has 1 aliphatic heterocycles. The summed E-state index contributed by atoms with van der Waals surface area (Å²) in [6.45, 7) is 0.00728. The molecule has 2 aromatic rings. The molecule has 3 nitrogen and oxygen atoms in total. The number of carbonyl (C=O) groups is 1. The number of fused-ring (bicyclic) bond motifs is 2. The van der Waals surface area contributed by atoms with Crippen LogP contribution < -0.4 is 10.6 Å². The molecule has 1 aliphatic rings. The molecule has 1 heterocycles. The van der Waals surface area contributed by atoms with Crippen LogP contribution in [0.25, 0.3) is 0 Å². The molecule has 0 saturated heterocycles. The van der Waals surface area contributed by atoms with Gasteiger partial charge < -0.3 is 5.73 Å². The largest absolute Gasteiger partial charge is 0.322 e. The first-order chi connectivity index (χ1) is 8.81. The van der Waals surface area contributed by atoms with E-state index in [4.69, 9.17) is 5.73 Å². The van der Waals surface area contributed by atoms with E-state index in [2.05, 4.69) is 0 Å². The number of benzene rings is 2. The Morgan fingerprint density at radius 1 is 1.00 bits per heavy atom. The topological polar surface area (TPSA) is 46.3 Å². The van der Waals surface area contributed by atoms with Gasteiger partial charge >= 0.3 is 0 Å².